The average Bonchev–Trinajstić information content (AvgIpc) is 2.78. The molecule has 31 heavy (non-hydrogen) atoms. The molecular formula is C26H30NO4+. The van der Waals surface area contributed by atoms with Crippen molar-refractivity contribution in [2.24, 2.45) is 0 Å². The third-order valence-electron chi connectivity index (χ3n) is 6.49. The number of methoxy groups -OCH3 is 2. The van der Waals surface area contributed by atoms with Gasteiger partial charge in [-0.15, -0.1) is 0 Å². The summed E-state index contributed by atoms with van der Waals surface area (Å²) in [6.07, 6.45) is 1.80. The molecule has 0 saturated heterocycles. The lowest BCUT2D eigenvalue weighted by atomic mass is 9.86. The summed E-state index contributed by atoms with van der Waals surface area (Å²) in [6.45, 7) is 1.85. The normalized spacial score (nSPS) is 20.2. The molecule has 4 rings (SSSR count). The standard InChI is InChI=1S/C26H29NO4/c1-27(17-19-6-10-22(29)11-7-19)13-12-20-15-25(30-2)26(31-3)16-23(20)24(27)14-18-4-8-21(28)9-5-18/h4-11,15-16,24H,12-14,17H2,1-3H3,(H-,28,29)/p+1/t24-,27+/m1/s1. The van der Waals surface area contributed by atoms with Crippen LogP contribution in [0.5, 0.6) is 23.0 Å². The van der Waals surface area contributed by atoms with Crippen molar-refractivity contribution in [3.05, 3.63) is 82.9 Å². The predicted octanol–water partition coefficient (Wildman–Crippen LogP) is 4.60. The Hall–Kier alpha value is -3.18. The van der Waals surface area contributed by atoms with E-state index in [1.807, 2.05) is 24.3 Å². The molecule has 3 aromatic carbocycles. The maximum Gasteiger partial charge on any atom is 0.161 e. The van der Waals surface area contributed by atoms with Crippen molar-refractivity contribution >= 4 is 0 Å². The summed E-state index contributed by atoms with van der Waals surface area (Å²) >= 11 is 0. The molecule has 162 valence electrons. The van der Waals surface area contributed by atoms with E-state index in [-0.39, 0.29) is 17.5 Å². The van der Waals surface area contributed by atoms with Crippen LogP contribution >= 0.6 is 0 Å². The van der Waals surface area contributed by atoms with Gasteiger partial charge in [-0.2, -0.15) is 0 Å². The Morgan fingerprint density at radius 1 is 0.839 bits per heavy atom. The zero-order valence-electron chi connectivity index (χ0n) is 18.3. The minimum absolute atomic E-state index is 0.210. The highest BCUT2D eigenvalue weighted by Gasteiger charge is 2.40. The summed E-state index contributed by atoms with van der Waals surface area (Å²) in [5, 5.41) is 19.4. The molecule has 1 aliphatic rings. The third kappa shape index (κ3) is 4.32. The van der Waals surface area contributed by atoms with E-state index in [2.05, 4.69) is 19.2 Å². The molecule has 1 aliphatic heterocycles. The van der Waals surface area contributed by atoms with Gasteiger partial charge >= 0.3 is 0 Å². The van der Waals surface area contributed by atoms with Gasteiger partial charge in [-0.05, 0) is 59.7 Å². The molecule has 0 radical (unpaired) electrons. The zero-order valence-corrected chi connectivity index (χ0v) is 18.3. The minimum atomic E-state index is 0.210. The highest BCUT2D eigenvalue weighted by atomic mass is 16.5. The smallest absolute Gasteiger partial charge is 0.161 e. The van der Waals surface area contributed by atoms with Crippen molar-refractivity contribution in [2.75, 3.05) is 27.8 Å². The molecule has 0 spiro atoms. The molecular weight excluding hydrogens is 390 g/mol. The summed E-state index contributed by atoms with van der Waals surface area (Å²) < 4.78 is 12.0. The highest BCUT2D eigenvalue weighted by Crippen LogP contribution is 2.43. The van der Waals surface area contributed by atoms with Gasteiger partial charge in [-0.25, -0.2) is 0 Å². The molecule has 5 heteroatoms. The number of aromatic hydroxyl groups is 2. The number of quaternary nitrogens is 1. The number of fused-ring (bicyclic) bond motifs is 1. The molecule has 2 N–H and O–H groups in total. The van der Waals surface area contributed by atoms with Crippen molar-refractivity contribution < 1.29 is 24.2 Å². The molecule has 0 amide bonds. The molecule has 0 saturated carbocycles. The van der Waals surface area contributed by atoms with E-state index in [0.717, 1.165) is 41.9 Å². The fraction of sp³-hybridized carbons (Fsp3) is 0.308. The Balaban J connectivity index is 1.77. The average molecular weight is 421 g/mol. The lowest BCUT2D eigenvalue weighted by Gasteiger charge is -2.46. The number of likely N-dealkylation sites (N-methyl/N-ethyl adjacent to an activating group) is 1. The first-order valence-corrected chi connectivity index (χ1v) is 10.6. The SMILES string of the molecule is COc1cc2c(cc1OC)[C@@H](Cc1ccc(O)cc1)[N@+](C)(Cc1ccc(O)cc1)CC2. The monoisotopic (exact) mass is 420 g/mol. The number of benzene rings is 3. The van der Waals surface area contributed by atoms with Gasteiger partial charge in [0.1, 0.15) is 24.1 Å². The van der Waals surface area contributed by atoms with Gasteiger partial charge in [-0.3, -0.25) is 0 Å². The van der Waals surface area contributed by atoms with Gasteiger partial charge < -0.3 is 24.2 Å². The van der Waals surface area contributed by atoms with Crippen molar-refractivity contribution in [2.45, 2.75) is 25.4 Å². The van der Waals surface area contributed by atoms with Crippen LogP contribution in [0.2, 0.25) is 0 Å². The van der Waals surface area contributed by atoms with Crippen LogP contribution in [0.1, 0.15) is 28.3 Å². The molecule has 0 unspecified atom stereocenters. The summed E-state index contributed by atoms with van der Waals surface area (Å²) in [5.74, 6) is 2.07. The molecule has 3 aromatic rings. The number of hydrogen-bond donors (Lipinski definition) is 2. The van der Waals surface area contributed by atoms with E-state index >= 15 is 0 Å². The number of phenols is 2. The number of rotatable bonds is 6. The van der Waals surface area contributed by atoms with Crippen molar-refractivity contribution in [3.8, 4) is 23.0 Å². The van der Waals surface area contributed by atoms with Gasteiger partial charge in [-0.1, -0.05) is 12.1 Å². The van der Waals surface area contributed by atoms with E-state index < -0.39 is 0 Å². The number of hydrogen-bond acceptors (Lipinski definition) is 4. The Labute approximate surface area is 183 Å². The molecule has 0 bridgehead atoms. The summed E-state index contributed by atoms with van der Waals surface area (Å²) in [6, 6.07) is 19.4. The van der Waals surface area contributed by atoms with Crippen LogP contribution in [0.4, 0.5) is 0 Å². The quantitative estimate of drug-likeness (QED) is 0.572. The van der Waals surface area contributed by atoms with Crippen molar-refractivity contribution in [1.29, 1.82) is 0 Å². The van der Waals surface area contributed by atoms with E-state index in [4.69, 9.17) is 9.47 Å². The van der Waals surface area contributed by atoms with Crippen LogP contribution in [0.15, 0.2) is 60.7 Å². The molecule has 0 aliphatic carbocycles. The fourth-order valence-electron chi connectivity index (χ4n) is 4.72. The van der Waals surface area contributed by atoms with Crippen LogP contribution in [0, 0.1) is 0 Å². The van der Waals surface area contributed by atoms with Crippen LogP contribution < -0.4 is 9.47 Å². The van der Waals surface area contributed by atoms with Crippen molar-refractivity contribution in [1.82, 2.24) is 0 Å². The Morgan fingerprint density at radius 3 is 1.97 bits per heavy atom. The predicted molar refractivity (Wildman–Crippen MR) is 121 cm³/mol. The van der Waals surface area contributed by atoms with E-state index in [0.29, 0.717) is 0 Å². The second-order valence-electron chi connectivity index (χ2n) is 8.57. The number of ether oxygens (including phenoxy) is 2. The molecule has 0 aromatic heterocycles. The van der Waals surface area contributed by atoms with E-state index in [1.54, 1.807) is 38.5 Å². The second kappa shape index (κ2) is 8.52. The van der Waals surface area contributed by atoms with Gasteiger partial charge in [0.15, 0.2) is 11.5 Å². The minimum Gasteiger partial charge on any atom is -0.508 e. The fourth-order valence-corrected chi connectivity index (χ4v) is 4.72. The lowest BCUT2D eigenvalue weighted by molar-refractivity contribution is -0.954. The summed E-state index contributed by atoms with van der Waals surface area (Å²) in [7, 11) is 5.65. The molecule has 5 nitrogen and oxygen atoms in total. The summed E-state index contributed by atoms with van der Waals surface area (Å²) in [5.41, 5.74) is 4.95. The maximum absolute atomic E-state index is 9.71. The lowest BCUT2D eigenvalue weighted by Crippen LogP contribution is -2.51. The van der Waals surface area contributed by atoms with Gasteiger partial charge in [0.25, 0.3) is 0 Å². The van der Waals surface area contributed by atoms with Crippen molar-refractivity contribution in [3.63, 3.8) is 0 Å². The van der Waals surface area contributed by atoms with Gasteiger partial charge in [0.2, 0.25) is 0 Å². The number of nitrogens with zero attached hydrogens (tertiary/aromatic N) is 1. The summed E-state index contributed by atoms with van der Waals surface area (Å²) in [4.78, 5) is 0. The zero-order chi connectivity index (χ0) is 22.0. The van der Waals surface area contributed by atoms with Crippen LogP contribution in [-0.4, -0.2) is 42.5 Å². The topological polar surface area (TPSA) is 58.9 Å². The van der Waals surface area contributed by atoms with Crippen LogP contribution in [-0.2, 0) is 19.4 Å². The van der Waals surface area contributed by atoms with E-state index in [1.165, 1.54) is 22.3 Å². The first-order chi connectivity index (χ1) is 14.9. The Kier molecular flexibility index (Phi) is 5.79. The van der Waals surface area contributed by atoms with Crippen LogP contribution in [0.3, 0.4) is 0 Å². The van der Waals surface area contributed by atoms with Gasteiger partial charge in [0.05, 0.1) is 27.8 Å². The Morgan fingerprint density at radius 2 is 1.39 bits per heavy atom. The third-order valence-corrected chi connectivity index (χ3v) is 6.49. The molecule has 2 atom stereocenters. The number of phenolic OH excluding ortho intramolecular Hbond substituents is 2. The van der Waals surface area contributed by atoms with Crippen LogP contribution in [0.25, 0.3) is 0 Å². The highest BCUT2D eigenvalue weighted by molar-refractivity contribution is 5.49. The first-order valence-electron chi connectivity index (χ1n) is 10.6. The van der Waals surface area contributed by atoms with E-state index in [9.17, 15) is 10.2 Å². The Bertz CT molecular complexity index is 1050. The first kappa shape index (κ1) is 21.1. The van der Waals surface area contributed by atoms with Gasteiger partial charge in [0, 0.05) is 24.0 Å². The largest absolute Gasteiger partial charge is 0.508 e. The molecule has 0 fully saturated rings. The molecule has 1 heterocycles. The maximum atomic E-state index is 9.71. The second-order valence-corrected chi connectivity index (χ2v) is 8.57.